The predicted octanol–water partition coefficient (Wildman–Crippen LogP) is 6.81. The number of aromatic nitrogens is 3. The van der Waals surface area contributed by atoms with E-state index in [1.165, 1.54) is 29.1 Å². The zero-order valence-electron chi connectivity index (χ0n) is 18.6. The quantitative estimate of drug-likeness (QED) is 0.0867. The standard InChI is InChI=1S/C25H15Cl3N4O3S2/c26-16-3-1-2-14(10-16)20-19(21(33)13-6-8-29-9-7-13)22(34)23(35)32(20)24-30-31-25(37-24)36-12-15-4-5-17(27)11-18(15)28/h1-11,20,33H,12H2. The molecular weight excluding hydrogens is 575 g/mol. The van der Waals surface area contributed by atoms with Crippen molar-refractivity contribution in [2.75, 3.05) is 4.90 Å². The summed E-state index contributed by atoms with van der Waals surface area (Å²) in [7, 11) is 0. The van der Waals surface area contributed by atoms with E-state index in [1.807, 2.05) is 6.07 Å². The third kappa shape index (κ3) is 5.23. The molecule has 3 heterocycles. The molecule has 0 spiro atoms. The van der Waals surface area contributed by atoms with Gasteiger partial charge in [-0.25, -0.2) is 0 Å². The molecule has 1 aliphatic rings. The summed E-state index contributed by atoms with van der Waals surface area (Å²) < 4.78 is 0.571. The molecule has 37 heavy (non-hydrogen) atoms. The molecule has 1 atom stereocenters. The van der Waals surface area contributed by atoms with Crippen LogP contribution in [0.1, 0.15) is 22.7 Å². The van der Waals surface area contributed by atoms with Crippen LogP contribution in [-0.2, 0) is 15.3 Å². The molecule has 0 saturated carbocycles. The molecule has 1 saturated heterocycles. The maximum atomic E-state index is 13.3. The van der Waals surface area contributed by atoms with Gasteiger partial charge in [-0.2, -0.15) is 0 Å². The van der Waals surface area contributed by atoms with Gasteiger partial charge in [-0.1, -0.05) is 76.1 Å². The van der Waals surface area contributed by atoms with Crippen molar-refractivity contribution in [1.82, 2.24) is 15.2 Å². The Balaban J connectivity index is 1.53. The minimum absolute atomic E-state index is 0.0733. The number of carbonyl (C=O) groups is 2. The summed E-state index contributed by atoms with van der Waals surface area (Å²) in [4.78, 5) is 31.7. The molecule has 1 unspecified atom stereocenters. The van der Waals surface area contributed by atoms with Crippen LogP contribution in [0.3, 0.4) is 0 Å². The molecule has 12 heteroatoms. The molecule has 1 aliphatic heterocycles. The van der Waals surface area contributed by atoms with Crippen LogP contribution >= 0.6 is 57.9 Å². The number of halogens is 3. The second kappa shape index (κ2) is 10.8. The Kier molecular flexibility index (Phi) is 7.50. The molecule has 2 aromatic heterocycles. The van der Waals surface area contributed by atoms with Gasteiger partial charge in [-0.15, -0.1) is 10.2 Å². The Morgan fingerprint density at radius 2 is 1.76 bits per heavy atom. The first kappa shape index (κ1) is 25.7. The van der Waals surface area contributed by atoms with Gasteiger partial charge in [0.1, 0.15) is 5.76 Å². The number of aliphatic hydroxyl groups excluding tert-OH is 1. The van der Waals surface area contributed by atoms with Crippen molar-refractivity contribution in [3.8, 4) is 0 Å². The Morgan fingerprint density at radius 3 is 2.49 bits per heavy atom. The largest absolute Gasteiger partial charge is 0.507 e. The summed E-state index contributed by atoms with van der Waals surface area (Å²) in [5, 5.41) is 21.2. The van der Waals surface area contributed by atoms with Crippen LogP contribution in [0, 0.1) is 0 Å². The fraction of sp³-hybridized carbons (Fsp3) is 0.0800. The number of anilines is 1. The monoisotopic (exact) mass is 588 g/mol. The van der Waals surface area contributed by atoms with Crippen LogP contribution in [-0.4, -0.2) is 32.0 Å². The zero-order chi connectivity index (χ0) is 26.1. The second-order valence-electron chi connectivity index (χ2n) is 7.83. The minimum atomic E-state index is -0.955. The SMILES string of the molecule is O=C1C(=O)N(c2nnc(SCc3ccc(Cl)cc3Cl)s2)C(c2cccc(Cl)c2)C1=C(O)c1ccncc1. The van der Waals surface area contributed by atoms with Gasteiger partial charge in [0.15, 0.2) is 4.34 Å². The van der Waals surface area contributed by atoms with Crippen molar-refractivity contribution in [3.63, 3.8) is 0 Å². The van der Waals surface area contributed by atoms with E-state index in [0.717, 1.165) is 16.9 Å². The number of hydrogen-bond acceptors (Lipinski definition) is 8. The molecule has 2 aromatic carbocycles. The summed E-state index contributed by atoms with van der Waals surface area (Å²) in [6, 6.07) is 14.2. The van der Waals surface area contributed by atoms with Gasteiger partial charge in [0.2, 0.25) is 5.13 Å². The topological polar surface area (TPSA) is 96.3 Å². The Labute approximate surface area is 234 Å². The minimum Gasteiger partial charge on any atom is -0.507 e. The normalized spacial score (nSPS) is 16.9. The Bertz CT molecular complexity index is 1550. The number of carbonyl (C=O) groups excluding carboxylic acids is 2. The second-order valence-corrected chi connectivity index (χ2v) is 11.3. The molecular formula is C25H15Cl3N4O3S2. The van der Waals surface area contributed by atoms with Crippen LogP contribution in [0.2, 0.25) is 15.1 Å². The van der Waals surface area contributed by atoms with Gasteiger partial charge < -0.3 is 5.11 Å². The number of aliphatic hydroxyl groups is 1. The number of ketones is 1. The molecule has 4 aromatic rings. The molecule has 0 aliphatic carbocycles. The van der Waals surface area contributed by atoms with Crippen LogP contribution in [0.25, 0.3) is 5.76 Å². The van der Waals surface area contributed by atoms with Crippen molar-refractivity contribution in [2.24, 2.45) is 0 Å². The maximum absolute atomic E-state index is 13.3. The fourth-order valence-electron chi connectivity index (χ4n) is 3.82. The van der Waals surface area contributed by atoms with E-state index in [9.17, 15) is 14.7 Å². The van der Waals surface area contributed by atoms with Crippen molar-refractivity contribution in [2.45, 2.75) is 16.1 Å². The number of rotatable bonds is 6. The zero-order valence-corrected chi connectivity index (χ0v) is 22.5. The summed E-state index contributed by atoms with van der Waals surface area (Å²) in [6.45, 7) is 0. The molecule has 7 nitrogen and oxygen atoms in total. The number of thioether (sulfide) groups is 1. The van der Waals surface area contributed by atoms with E-state index < -0.39 is 17.7 Å². The molecule has 0 radical (unpaired) electrons. The summed E-state index contributed by atoms with van der Waals surface area (Å²) in [5.41, 5.74) is 1.69. The van der Waals surface area contributed by atoms with Gasteiger partial charge in [-0.05, 0) is 47.5 Å². The van der Waals surface area contributed by atoms with Gasteiger partial charge in [0.25, 0.3) is 5.78 Å². The predicted molar refractivity (Wildman–Crippen MR) is 146 cm³/mol. The van der Waals surface area contributed by atoms with E-state index in [2.05, 4.69) is 15.2 Å². The lowest BCUT2D eigenvalue weighted by Crippen LogP contribution is -2.29. The molecule has 1 amide bonds. The first-order valence-electron chi connectivity index (χ1n) is 10.7. The van der Waals surface area contributed by atoms with Gasteiger partial charge in [-0.3, -0.25) is 19.5 Å². The molecule has 1 fully saturated rings. The van der Waals surface area contributed by atoms with Gasteiger partial charge in [0.05, 0.1) is 11.6 Å². The first-order chi connectivity index (χ1) is 17.8. The van der Waals surface area contributed by atoms with E-state index >= 15 is 0 Å². The van der Waals surface area contributed by atoms with Gasteiger partial charge in [0, 0.05) is 38.8 Å². The highest BCUT2D eigenvalue weighted by molar-refractivity contribution is 8.00. The Hall–Kier alpha value is -2.95. The van der Waals surface area contributed by atoms with E-state index in [-0.39, 0.29) is 16.5 Å². The average Bonchev–Trinajstić information content (AvgIpc) is 3.46. The van der Waals surface area contributed by atoms with Crippen LogP contribution in [0.15, 0.2) is 76.9 Å². The summed E-state index contributed by atoms with van der Waals surface area (Å²) in [5.74, 6) is -1.47. The maximum Gasteiger partial charge on any atom is 0.301 e. The number of nitrogens with zero attached hydrogens (tertiary/aromatic N) is 4. The number of hydrogen-bond donors (Lipinski definition) is 1. The van der Waals surface area contributed by atoms with E-state index in [0.29, 0.717) is 36.3 Å². The van der Waals surface area contributed by atoms with Crippen molar-refractivity contribution >= 4 is 80.5 Å². The molecule has 1 N–H and O–H groups in total. The van der Waals surface area contributed by atoms with Crippen LogP contribution < -0.4 is 4.90 Å². The lowest BCUT2D eigenvalue weighted by molar-refractivity contribution is -0.132. The number of benzene rings is 2. The third-order valence-electron chi connectivity index (χ3n) is 5.53. The lowest BCUT2D eigenvalue weighted by atomic mass is 9.96. The first-order valence-corrected chi connectivity index (χ1v) is 13.6. The highest BCUT2D eigenvalue weighted by Gasteiger charge is 2.48. The average molecular weight is 590 g/mol. The van der Waals surface area contributed by atoms with Crippen molar-refractivity contribution < 1.29 is 14.7 Å². The Morgan fingerprint density at radius 1 is 1.00 bits per heavy atom. The highest BCUT2D eigenvalue weighted by atomic mass is 35.5. The molecule has 0 bridgehead atoms. The van der Waals surface area contributed by atoms with Crippen LogP contribution in [0.4, 0.5) is 5.13 Å². The smallest absolute Gasteiger partial charge is 0.301 e. The van der Waals surface area contributed by atoms with Crippen molar-refractivity contribution in [1.29, 1.82) is 0 Å². The third-order valence-corrected chi connectivity index (χ3v) is 8.46. The highest BCUT2D eigenvalue weighted by Crippen LogP contribution is 2.44. The molecule has 186 valence electrons. The number of pyridine rings is 1. The van der Waals surface area contributed by atoms with E-state index in [1.54, 1.807) is 48.5 Å². The molecule has 5 rings (SSSR count). The van der Waals surface area contributed by atoms with Gasteiger partial charge >= 0.3 is 5.91 Å². The summed E-state index contributed by atoms with van der Waals surface area (Å²) in [6.07, 6.45) is 2.97. The summed E-state index contributed by atoms with van der Waals surface area (Å²) >= 11 is 21.0. The number of amides is 1. The number of Topliss-reactive ketones (excluding diaryl/α,β-unsaturated/α-hetero) is 1. The van der Waals surface area contributed by atoms with Crippen molar-refractivity contribution in [3.05, 3.63) is 104 Å². The van der Waals surface area contributed by atoms with Crippen LogP contribution in [0.5, 0.6) is 0 Å². The van der Waals surface area contributed by atoms with E-state index in [4.69, 9.17) is 34.8 Å². The fourth-order valence-corrected chi connectivity index (χ4v) is 6.45. The lowest BCUT2D eigenvalue weighted by Gasteiger charge is -2.22.